The summed E-state index contributed by atoms with van der Waals surface area (Å²) in [5.41, 5.74) is 7.27. The number of hydrogen-bond donors (Lipinski definition) is 1. The molecule has 156 valence electrons. The van der Waals surface area contributed by atoms with Gasteiger partial charge in [-0.05, 0) is 32.5 Å². The van der Waals surface area contributed by atoms with Gasteiger partial charge in [0.25, 0.3) is 0 Å². The van der Waals surface area contributed by atoms with Gasteiger partial charge in [0, 0.05) is 57.4 Å². The van der Waals surface area contributed by atoms with Gasteiger partial charge in [0.05, 0.1) is 0 Å². The van der Waals surface area contributed by atoms with Crippen molar-refractivity contribution in [2.75, 3.05) is 59.5 Å². The molecular weight excluding hydrogens is 383 g/mol. The first kappa shape index (κ1) is 24.5. The van der Waals surface area contributed by atoms with Crippen LogP contribution in [0, 0.1) is 0 Å². The monoisotopic (exact) mass is 418 g/mol. The molecule has 27 heavy (non-hydrogen) atoms. The summed E-state index contributed by atoms with van der Waals surface area (Å²) in [4.78, 5) is 7.42. The standard InChI is InChI=1S/C20H34N4O.2ClH/c1-22-10-12-23(13-11-22)14-15-25-20-8-3-2-6-18(20)17-24-9-5-4-7-19(24)16-21;;/h2-3,6,8,19H,4-5,7,9-17,21H2,1H3;2*1H. The van der Waals surface area contributed by atoms with Gasteiger partial charge in [0.15, 0.2) is 0 Å². The highest BCUT2D eigenvalue weighted by Crippen LogP contribution is 2.24. The molecule has 0 amide bonds. The van der Waals surface area contributed by atoms with Gasteiger partial charge in [0.1, 0.15) is 12.4 Å². The minimum absolute atomic E-state index is 0. The van der Waals surface area contributed by atoms with Crippen LogP contribution in [-0.4, -0.2) is 80.2 Å². The van der Waals surface area contributed by atoms with Crippen molar-refractivity contribution in [1.29, 1.82) is 0 Å². The summed E-state index contributed by atoms with van der Waals surface area (Å²) in [7, 11) is 2.19. The molecule has 2 heterocycles. The molecule has 1 unspecified atom stereocenters. The summed E-state index contributed by atoms with van der Waals surface area (Å²) in [6.07, 6.45) is 3.81. The van der Waals surface area contributed by atoms with Gasteiger partial charge in [-0.15, -0.1) is 24.8 Å². The molecule has 0 saturated carbocycles. The lowest BCUT2D eigenvalue weighted by Crippen LogP contribution is -2.45. The number of halogens is 2. The van der Waals surface area contributed by atoms with Gasteiger partial charge in [-0.1, -0.05) is 24.6 Å². The predicted octanol–water partition coefficient (Wildman–Crippen LogP) is 2.47. The van der Waals surface area contributed by atoms with Gasteiger partial charge in [-0.2, -0.15) is 0 Å². The average molecular weight is 419 g/mol. The third kappa shape index (κ3) is 7.41. The van der Waals surface area contributed by atoms with Crippen LogP contribution in [0.3, 0.4) is 0 Å². The zero-order valence-corrected chi connectivity index (χ0v) is 18.1. The van der Waals surface area contributed by atoms with E-state index < -0.39 is 0 Å². The molecule has 0 aromatic heterocycles. The van der Waals surface area contributed by atoms with Gasteiger partial charge in [0.2, 0.25) is 0 Å². The van der Waals surface area contributed by atoms with Crippen LogP contribution >= 0.6 is 24.8 Å². The quantitative estimate of drug-likeness (QED) is 0.736. The first-order valence-corrected chi connectivity index (χ1v) is 9.82. The molecule has 2 saturated heterocycles. The van der Waals surface area contributed by atoms with Crippen LogP contribution in [0.1, 0.15) is 24.8 Å². The van der Waals surface area contributed by atoms with E-state index in [0.29, 0.717) is 6.04 Å². The van der Waals surface area contributed by atoms with Crippen molar-refractivity contribution in [3.63, 3.8) is 0 Å². The SMILES string of the molecule is CN1CCN(CCOc2ccccc2CN2CCCCC2CN)CC1.Cl.Cl. The zero-order valence-electron chi connectivity index (χ0n) is 16.5. The van der Waals surface area contributed by atoms with Crippen LogP contribution in [0.2, 0.25) is 0 Å². The lowest BCUT2D eigenvalue weighted by Gasteiger charge is -2.35. The number of ether oxygens (including phenoxy) is 1. The number of benzene rings is 1. The van der Waals surface area contributed by atoms with Gasteiger partial charge < -0.3 is 15.4 Å². The highest BCUT2D eigenvalue weighted by atomic mass is 35.5. The van der Waals surface area contributed by atoms with E-state index in [0.717, 1.165) is 64.7 Å². The van der Waals surface area contributed by atoms with Crippen molar-refractivity contribution in [2.24, 2.45) is 5.73 Å². The molecule has 0 aliphatic carbocycles. The molecule has 7 heteroatoms. The van der Waals surface area contributed by atoms with E-state index >= 15 is 0 Å². The van der Waals surface area contributed by atoms with Crippen LogP contribution in [0.25, 0.3) is 0 Å². The first-order chi connectivity index (χ1) is 12.3. The van der Waals surface area contributed by atoms with E-state index in [9.17, 15) is 0 Å². The van der Waals surface area contributed by atoms with E-state index in [1.165, 1.54) is 24.8 Å². The van der Waals surface area contributed by atoms with E-state index in [-0.39, 0.29) is 24.8 Å². The van der Waals surface area contributed by atoms with Crippen molar-refractivity contribution in [2.45, 2.75) is 31.8 Å². The number of piperidine rings is 1. The highest BCUT2D eigenvalue weighted by molar-refractivity contribution is 5.85. The van der Waals surface area contributed by atoms with Crippen LogP contribution in [-0.2, 0) is 6.54 Å². The minimum atomic E-state index is 0. The Labute approximate surface area is 177 Å². The number of hydrogen-bond acceptors (Lipinski definition) is 5. The molecule has 1 aromatic rings. The Morgan fingerprint density at radius 2 is 1.78 bits per heavy atom. The maximum Gasteiger partial charge on any atom is 0.123 e. The fourth-order valence-corrected chi connectivity index (χ4v) is 3.89. The molecule has 3 rings (SSSR count). The lowest BCUT2D eigenvalue weighted by molar-refractivity contribution is 0.130. The number of piperazine rings is 1. The Kier molecular flexibility index (Phi) is 11.6. The Morgan fingerprint density at radius 1 is 1.04 bits per heavy atom. The minimum Gasteiger partial charge on any atom is -0.492 e. The van der Waals surface area contributed by atoms with Crippen LogP contribution in [0.15, 0.2) is 24.3 Å². The smallest absolute Gasteiger partial charge is 0.123 e. The van der Waals surface area contributed by atoms with E-state index in [2.05, 4.69) is 46.0 Å². The summed E-state index contributed by atoms with van der Waals surface area (Å²) in [5.74, 6) is 1.04. The molecule has 2 aliphatic rings. The maximum atomic E-state index is 6.16. The van der Waals surface area contributed by atoms with Crippen LogP contribution in [0.5, 0.6) is 5.75 Å². The summed E-state index contributed by atoms with van der Waals surface area (Å²) in [6, 6.07) is 9.02. The third-order valence-corrected chi connectivity index (χ3v) is 5.63. The normalized spacial score (nSPS) is 21.9. The molecule has 0 radical (unpaired) electrons. The largest absolute Gasteiger partial charge is 0.492 e. The van der Waals surface area contributed by atoms with Crippen LogP contribution in [0.4, 0.5) is 0 Å². The molecule has 2 aliphatic heterocycles. The van der Waals surface area contributed by atoms with Gasteiger partial charge in [-0.3, -0.25) is 9.80 Å². The molecule has 0 spiro atoms. The molecule has 2 N–H and O–H groups in total. The second kappa shape index (κ2) is 12.8. The summed E-state index contributed by atoms with van der Waals surface area (Å²) >= 11 is 0. The Bertz CT molecular complexity index is 526. The lowest BCUT2D eigenvalue weighted by atomic mass is 10.0. The summed E-state index contributed by atoms with van der Waals surface area (Å²) < 4.78 is 6.16. The number of nitrogens with two attached hydrogens (primary N) is 1. The highest BCUT2D eigenvalue weighted by Gasteiger charge is 2.22. The molecule has 2 fully saturated rings. The number of likely N-dealkylation sites (N-methyl/N-ethyl adjacent to an activating group) is 1. The van der Waals surface area contributed by atoms with Crippen molar-refractivity contribution in [3.8, 4) is 5.75 Å². The van der Waals surface area contributed by atoms with E-state index in [1.807, 2.05) is 0 Å². The predicted molar refractivity (Wildman–Crippen MR) is 117 cm³/mol. The first-order valence-electron chi connectivity index (χ1n) is 9.82. The molecule has 5 nitrogen and oxygen atoms in total. The van der Waals surface area contributed by atoms with E-state index in [4.69, 9.17) is 10.5 Å². The molecule has 1 atom stereocenters. The van der Waals surface area contributed by atoms with Gasteiger partial charge in [-0.25, -0.2) is 0 Å². The average Bonchev–Trinajstić information content (AvgIpc) is 2.65. The maximum absolute atomic E-state index is 6.16. The number of rotatable bonds is 7. The second-order valence-electron chi connectivity index (χ2n) is 7.46. The van der Waals surface area contributed by atoms with Gasteiger partial charge >= 0.3 is 0 Å². The van der Waals surface area contributed by atoms with Crippen molar-refractivity contribution in [1.82, 2.24) is 14.7 Å². The second-order valence-corrected chi connectivity index (χ2v) is 7.46. The fraction of sp³-hybridized carbons (Fsp3) is 0.700. The Balaban J connectivity index is 0.00000182. The van der Waals surface area contributed by atoms with Crippen LogP contribution < -0.4 is 10.5 Å². The van der Waals surface area contributed by atoms with E-state index in [1.54, 1.807) is 0 Å². The Morgan fingerprint density at radius 3 is 2.52 bits per heavy atom. The topological polar surface area (TPSA) is 45.0 Å². The molecule has 0 bridgehead atoms. The summed E-state index contributed by atoms with van der Waals surface area (Å²) in [5, 5.41) is 0. The molecule has 1 aromatic carbocycles. The zero-order chi connectivity index (χ0) is 17.5. The molecular formula is C20H36Cl2N4O. The number of para-hydroxylation sites is 1. The third-order valence-electron chi connectivity index (χ3n) is 5.63. The Hall–Kier alpha value is -0.560. The summed E-state index contributed by atoms with van der Waals surface area (Å²) in [6.45, 7) is 9.24. The van der Waals surface area contributed by atoms with Crippen molar-refractivity contribution in [3.05, 3.63) is 29.8 Å². The van der Waals surface area contributed by atoms with Crippen molar-refractivity contribution >= 4 is 24.8 Å². The number of nitrogens with zero attached hydrogens (tertiary/aromatic N) is 3. The number of likely N-dealkylation sites (tertiary alicyclic amines) is 1. The fourth-order valence-electron chi connectivity index (χ4n) is 3.89. The van der Waals surface area contributed by atoms with Crippen molar-refractivity contribution < 1.29 is 4.74 Å².